The van der Waals surface area contributed by atoms with E-state index in [1.165, 1.54) is 17.3 Å². The Morgan fingerprint density at radius 3 is 2.26 bits per heavy atom. The van der Waals surface area contributed by atoms with Gasteiger partial charge in [0.15, 0.2) is 0 Å². The van der Waals surface area contributed by atoms with Gasteiger partial charge in [0.25, 0.3) is 5.91 Å². The molecule has 0 saturated carbocycles. The van der Waals surface area contributed by atoms with Crippen LogP contribution in [-0.2, 0) is 11.2 Å². The van der Waals surface area contributed by atoms with Gasteiger partial charge >= 0.3 is 0 Å². The molecule has 5 heteroatoms. The van der Waals surface area contributed by atoms with Crippen LogP contribution in [0, 0.1) is 6.92 Å². The van der Waals surface area contributed by atoms with E-state index < -0.39 is 0 Å². The SMILES string of the molecule is Cc1ccccc1CCC(=O)Nc1ccc(NC(=O)c2cccnc2)cc1. The van der Waals surface area contributed by atoms with Crippen molar-refractivity contribution in [2.45, 2.75) is 19.8 Å². The Kier molecular flexibility index (Phi) is 5.94. The fraction of sp³-hybridized carbons (Fsp3) is 0.136. The van der Waals surface area contributed by atoms with Gasteiger partial charge in [0.05, 0.1) is 5.56 Å². The van der Waals surface area contributed by atoms with E-state index in [-0.39, 0.29) is 11.8 Å². The van der Waals surface area contributed by atoms with Crippen LogP contribution in [0.3, 0.4) is 0 Å². The number of hydrogen-bond donors (Lipinski definition) is 2. The first-order valence-electron chi connectivity index (χ1n) is 8.77. The van der Waals surface area contributed by atoms with Gasteiger partial charge in [-0.25, -0.2) is 0 Å². The zero-order chi connectivity index (χ0) is 19.1. The summed E-state index contributed by atoms with van der Waals surface area (Å²) < 4.78 is 0. The first kappa shape index (κ1) is 18.3. The summed E-state index contributed by atoms with van der Waals surface area (Å²) in [5.74, 6) is -0.261. The molecule has 0 unspecified atom stereocenters. The van der Waals surface area contributed by atoms with Crippen LogP contribution < -0.4 is 10.6 Å². The van der Waals surface area contributed by atoms with Crippen molar-refractivity contribution in [3.05, 3.63) is 89.7 Å². The normalized spacial score (nSPS) is 10.3. The van der Waals surface area contributed by atoms with Crippen molar-refractivity contribution in [1.82, 2.24) is 4.98 Å². The molecule has 27 heavy (non-hydrogen) atoms. The number of rotatable bonds is 6. The number of aryl methyl sites for hydroxylation is 2. The number of carbonyl (C=O) groups excluding carboxylic acids is 2. The Balaban J connectivity index is 1.52. The number of aromatic nitrogens is 1. The minimum atomic E-state index is -0.224. The van der Waals surface area contributed by atoms with Crippen molar-refractivity contribution in [3.8, 4) is 0 Å². The fourth-order valence-corrected chi connectivity index (χ4v) is 2.70. The summed E-state index contributed by atoms with van der Waals surface area (Å²) in [4.78, 5) is 28.2. The van der Waals surface area contributed by atoms with E-state index in [9.17, 15) is 9.59 Å². The van der Waals surface area contributed by atoms with Gasteiger partial charge in [0.2, 0.25) is 5.91 Å². The summed E-state index contributed by atoms with van der Waals surface area (Å²) in [6.45, 7) is 2.05. The van der Waals surface area contributed by atoms with E-state index in [0.29, 0.717) is 29.8 Å². The number of hydrogen-bond acceptors (Lipinski definition) is 3. The van der Waals surface area contributed by atoms with Crippen LogP contribution in [0.5, 0.6) is 0 Å². The van der Waals surface area contributed by atoms with Crippen LogP contribution in [0.15, 0.2) is 73.1 Å². The fourth-order valence-electron chi connectivity index (χ4n) is 2.70. The molecule has 2 amide bonds. The van der Waals surface area contributed by atoms with Gasteiger partial charge in [-0.2, -0.15) is 0 Å². The van der Waals surface area contributed by atoms with E-state index in [1.807, 2.05) is 31.2 Å². The maximum absolute atomic E-state index is 12.2. The van der Waals surface area contributed by atoms with E-state index >= 15 is 0 Å². The summed E-state index contributed by atoms with van der Waals surface area (Å²) in [6.07, 6.45) is 4.26. The molecule has 0 fully saturated rings. The summed E-state index contributed by atoms with van der Waals surface area (Å²) in [6, 6.07) is 18.5. The third kappa shape index (κ3) is 5.25. The van der Waals surface area contributed by atoms with Crippen molar-refractivity contribution in [2.75, 3.05) is 10.6 Å². The molecular weight excluding hydrogens is 338 g/mol. The van der Waals surface area contributed by atoms with Crippen molar-refractivity contribution in [3.63, 3.8) is 0 Å². The summed E-state index contributed by atoms with van der Waals surface area (Å²) in [5.41, 5.74) is 4.22. The lowest BCUT2D eigenvalue weighted by Gasteiger charge is -2.09. The van der Waals surface area contributed by atoms with E-state index in [0.717, 1.165) is 0 Å². The minimum absolute atomic E-state index is 0.0367. The Hall–Kier alpha value is -3.47. The van der Waals surface area contributed by atoms with Crippen molar-refractivity contribution < 1.29 is 9.59 Å². The predicted molar refractivity (Wildman–Crippen MR) is 107 cm³/mol. The number of pyridine rings is 1. The van der Waals surface area contributed by atoms with Gasteiger partial charge in [-0.1, -0.05) is 24.3 Å². The van der Waals surface area contributed by atoms with Crippen LogP contribution >= 0.6 is 0 Å². The number of benzene rings is 2. The molecule has 2 N–H and O–H groups in total. The molecule has 3 rings (SSSR count). The van der Waals surface area contributed by atoms with Crippen molar-refractivity contribution in [1.29, 1.82) is 0 Å². The molecule has 0 saturated heterocycles. The predicted octanol–water partition coefficient (Wildman–Crippen LogP) is 4.21. The average molecular weight is 359 g/mol. The monoisotopic (exact) mass is 359 g/mol. The van der Waals surface area contributed by atoms with Crippen molar-refractivity contribution >= 4 is 23.2 Å². The molecule has 0 atom stereocenters. The molecule has 136 valence electrons. The molecule has 3 aromatic rings. The number of nitrogens with zero attached hydrogens (tertiary/aromatic N) is 1. The second-order valence-corrected chi connectivity index (χ2v) is 6.25. The Morgan fingerprint density at radius 1 is 0.889 bits per heavy atom. The summed E-state index contributed by atoms with van der Waals surface area (Å²) in [5, 5.41) is 5.68. The molecular formula is C22H21N3O2. The Bertz CT molecular complexity index is 922. The zero-order valence-corrected chi connectivity index (χ0v) is 15.1. The first-order valence-corrected chi connectivity index (χ1v) is 8.77. The number of nitrogens with one attached hydrogen (secondary N) is 2. The van der Waals surface area contributed by atoms with Gasteiger partial charge < -0.3 is 10.6 Å². The topological polar surface area (TPSA) is 71.1 Å². The van der Waals surface area contributed by atoms with Gasteiger partial charge in [-0.05, 0) is 60.9 Å². The Labute approximate surface area is 158 Å². The van der Waals surface area contributed by atoms with Crippen molar-refractivity contribution in [2.24, 2.45) is 0 Å². The van der Waals surface area contributed by atoms with Crippen LogP contribution in [0.25, 0.3) is 0 Å². The third-order valence-corrected chi connectivity index (χ3v) is 4.23. The van der Waals surface area contributed by atoms with Gasteiger partial charge in [0, 0.05) is 30.2 Å². The number of anilines is 2. The summed E-state index contributed by atoms with van der Waals surface area (Å²) in [7, 11) is 0. The maximum Gasteiger partial charge on any atom is 0.257 e. The highest BCUT2D eigenvalue weighted by Gasteiger charge is 2.07. The van der Waals surface area contributed by atoms with Gasteiger partial charge in [-0.15, -0.1) is 0 Å². The highest BCUT2D eigenvalue weighted by molar-refractivity contribution is 6.04. The molecule has 2 aromatic carbocycles. The van der Waals surface area contributed by atoms with Crippen LogP contribution in [-0.4, -0.2) is 16.8 Å². The number of carbonyl (C=O) groups is 2. The largest absolute Gasteiger partial charge is 0.326 e. The van der Waals surface area contributed by atoms with E-state index in [4.69, 9.17) is 0 Å². The smallest absolute Gasteiger partial charge is 0.257 e. The van der Waals surface area contributed by atoms with Crippen LogP contribution in [0.2, 0.25) is 0 Å². The first-order chi connectivity index (χ1) is 13.1. The lowest BCUT2D eigenvalue weighted by Crippen LogP contribution is -2.13. The second-order valence-electron chi connectivity index (χ2n) is 6.25. The average Bonchev–Trinajstić information content (AvgIpc) is 2.69. The molecule has 1 heterocycles. The third-order valence-electron chi connectivity index (χ3n) is 4.23. The van der Waals surface area contributed by atoms with Gasteiger partial charge in [0.1, 0.15) is 0 Å². The molecule has 0 aliphatic carbocycles. The minimum Gasteiger partial charge on any atom is -0.326 e. The molecule has 0 spiro atoms. The molecule has 0 aliphatic rings. The lowest BCUT2D eigenvalue weighted by atomic mass is 10.0. The highest BCUT2D eigenvalue weighted by atomic mass is 16.2. The quantitative estimate of drug-likeness (QED) is 0.692. The molecule has 5 nitrogen and oxygen atoms in total. The Morgan fingerprint density at radius 2 is 1.59 bits per heavy atom. The standard InChI is InChI=1S/C22H21N3O2/c1-16-5-2-3-6-17(16)8-13-21(26)24-19-9-11-20(12-10-19)25-22(27)18-7-4-14-23-15-18/h2-7,9-12,14-15H,8,13H2,1H3,(H,24,26)(H,25,27). The van der Waals surface area contributed by atoms with E-state index in [2.05, 4.69) is 15.6 Å². The molecule has 0 bridgehead atoms. The molecule has 0 radical (unpaired) electrons. The van der Waals surface area contributed by atoms with E-state index in [1.54, 1.807) is 42.6 Å². The molecule has 0 aliphatic heterocycles. The maximum atomic E-state index is 12.2. The van der Waals surface area contributed by atoms with Crippen LogP contribution in [0.4, 0.5) is 11.4 Å². The zero-order valence-electron chi connectivity index (χ0n) is 15.1. The molecule has 1 aromatic heterocycles. The number of amides is 2. The summed E-state index contributed by atoms with van der Waals surface area (Å²) >= 11 is 0. The van der Waals surface area contributed by atoms with Crippen LogP contribution in [0.1, 0.15) is 27.9 Å². The van der Waals surface area contributed by atoms with Gasteiger partial charge in [-0.3, -0.25) is 14.6 Å². The lowest BCUT2D eigenvalue weighted by molar-refractivity contribution is -0.116. The highest BCUT2D eigenvalue weighted by Crippen LogP contribution is 2.16. The second kappa shape index (κ2) is 8.76.